The van der Waals surface area contributed by atoms with E-state index in [1.54, 1.807) is 6.92 Å². The fourth-order valence-corrected chi connectivity index (χ4v) is 3.55. The van der Waals surface area contributed by atoms with E-state index < -0.39 is 11.7 Å². The molecule has 0 unspecified atom stereocenters. The van der Waals surface area contributed by atoms with E-state index in [0.717, 1.165) is 17.3 Å². The van der Waals surface area contributed by atoms with Gasteiger partial charge in [-0.1, -0.05) is 12.1 Å². The number of Topliss-reactive ketones (excluding diaryl/α,β-unsaturated/α-hetero) is 1. The molecule has 10 heteroatoms. The van der Waals surface area contributed by atoms with Crippen molar-refractivity contribution in [3.63, 3.8) is 0 Å². The molecular formula is C25H22F3N5O2. The maximum Gasteiger partial charge on any atom is 0.418 e. The smallest absolute Gasteiger partial charge is 0.377 e. The Bertz CT molecular complexity index is 1360. The summed E-state index contributed by atoms with van der Waals surface area (Å²) >= 11 is 0. The average Bonchev–Trinajstić information content (AvgIpc) is 2.83. The Hall–Kier alpha value is -3.92. The fourth-order valence-electron chi connectivity index (χ4n) is 3.55. The van der Waals surface area contributed by atoms with Gasteiger partial charge in [-0.25, -0.2) is 15.0 Å². The van der Waals surface area contributed by atoms with Crippen molar-refractivity contribution in [3.8, 4) is 11.3 Å². The molecule has 7 nitrogen and oxygen atoms in total. The number of aryl methyl sites for hydroxylation is 1. The van der Waals surface area contributed by atoms with Gasteiger partial charge < -0.3 is 14.8 Å². The first-order valence-electron chi connectivity index (χ1n) is 10.8. The molecule has 0 bridgehead atoms. The summed E-state index contributed by atoms with van der Waals surface area (Å²) in [6.45, 7) is 1.67. The predicted octanol–water partition coefficient (Wildman–Crippen LogP) is 5.52. The number of alkyl halides is 3. The average molecular weight is 481 g/mol. The number of carbonyl (C=O) groups is 1. The zero-order chi connectivity index (χ0) is 25.0. The number of nitrogens with one attached hydrogen (secondary N) is 1. The van der Waals surface area contributed by atoms with Gasteiger partial charge in [0.15, 0.2) is 11.6 Å². The number of benzene rings is 1. The van der Waals surface area contributed by atoms with Crippen LogP contribution >= 0.6 is 0 Å². The summed E-state index contributed by atoms with van der Waals surface area (Å²) in [5, 5.41) is 3.20. The Balaban J connectivity index is 1.72. The Morgan fingerprint density at radius 3 is 2.54 bits per heavy atom. The number of nitrogens with zero attached hydrogens (tertiary/aromatic N) is 4. The summed E-state index contributed by atoms with van der Waals surface area (Å²) in [5.74, 6) is 0.863. The minimum atomic E-state index is -4.56. The molecule has 0 spiro atoms. The van der Waals surface area contributed by atoms with Crippen molar-refractivity contribution in [3.05, 3.63) is 71.8 Å². The van der Waals surface area contributed by atoms with Crippen LogP contribution in [-0.4, -0.2) is 32.8 Å². The van der Waals surface area contributed by atoms with Crippen molar-refractivity contribution < 1.29 is 22.7 Å². The van der Waals surface area contributed by atoms with E-state index in [4.69, 9.17) is 4.74 Å². The first-order valence-corrected chi connectivity index (χ1v) is 10.8. The van der Waals surface area contributed by atoms with Gasteiger partial charge in [0.1, 0.15) is 17.9 Å². The van der Waals surface area contributed by atoms with Gasteiger partial charge in [-0.05, 0) is 49.2 Å². The number of hydrogen-bond donors (Lipinski definition) is 1. The van der Waals surface area contributed by atoms with Crippen LogP contribution in [0.2, 0.25) is 0 Å². The highest BCUT2D eigenvalue weighted by molar-refractivity contribution is 5.89. The number of ketones is 1. The molecule has 180 valence electrons. The van der Waals surface area contributed by atoms with Crippen molar-refractivity contribution >= 4 is 28.3 Å². The SMILES string of the molecule is COCc1nc(Nc2ccc(CCC(C)=O)cc2)c2ncc(-c3ncccc3C(F)(F)F)cc2n1. The largest absolute Gasteiger partial charge is 0.418 e. The topological polar surface area (TPSA) is 89.9 Å². The van der Waals surface area contributed by atoms with Crippen LogP contribution in [-0.2, 0) is 28.7 Å². The first-order chi connectivity index (χ1) is 16.7. The molecule has 0 radical (unpaired) electrons. The monoisotopic (exact) mass is 481 g/mol. The van der Waals surface area contributed by atoms with Crippen LogP contribution in [0.15, 0.2) is 54.9 Å². The summed E-state index contributed by atoms with van der Waals surface area (Å²) in [5.41, 5.74) is 1.61. The number of aromatic nitrogens is 4. The highest BCUT2D eigenvalue weighted by Gasteiger charge is 2.34. The van der Waals surface area contributed by atoms with Gasteiger partial charge in [0, 0.05) is 37.2 Å². The lowest BCUT2D eigenvalue weighted by atomic mass is 10.1. The molecule has 0 saturated heterocycles. The van der Waals surface area contributed by atoms with E-state index >= 15 is 0 Å². The lowest BCUT2D eigenvalue weighted by Crippen LogP contribution is -2.08. The van der Waals surface area contributed by atoms with Crippen molar-refractivity contribution in [2.24, 2.45) is 0 Å². The number of anilines is 2. The Labute approximate surface area is 199 Å². The summed E-state index contributed by atoms with van der Waals surface area (Å²) in [4.78, 5) is 28.4. The molecule has 4 rings (SSSR count). The van der Waals surface area contributed by atoms with Crippen LogP contribution in [0.1, 0.15) is 30.3 Å². The van der Waals surface area contributed by atoms with Crippen LogP contribution in [0.25, 0.3) is 22.3 Å². The number of hydrogen-bond acceptors (Lipinski definition) is 7. The molecule has 3 heterocycles. The zero-order valence-electron chi connectivity index (χ0n) is 19.1. The molecule has 0 aliphatic carbocycles. The van der Waals surface area contributed by atoms with E-state index in [1.165, 1.54) is 31.6 Å². The van der Waals surface area contributed by atoms with Crippen molar-refractivity contribution in [2.45, 2.75) is 32.5 Å². The normalized spacial score (nSPS) is 11.6. The molecule has 3 aromatic heterocycles. The number of pyridine rings is 2. The second-order valence-corrected chi connectivity index (χ2v) is 7.93. The van der Waals surface area contributed by atoms with Gasteiger partial charge in [-0.15, -0.1) is 0 Å². The van der Waals surface area contributed by atoms with E-state index in [2.05, 4.69) is 25.3 Å². The molecule has 1 aromatic carbocycles. The summed E-state index contributed by atoms with van der Waals surface area (Å²) < 4.78 is 45.7. The van der Waals surface area contributed by atoms with Crippen LogP contribution in [0, 0.1) is 0 Å². The molecule has 0 aliphatic heterocycles. The summed E-state index contributed by atoms with van der Waals surface area (Å²) in [6.07, 6.45) is -0.799. The molecular weight excluding hydrogens is 459 g/mol. The third-order valence-corrected chi connectivity index (χ3v) is 5.22. The van der Waals surface area contributed by atoms with Crippen LogP contribution in [0.4, 0.5) is 24.7 Å². The van der Waals surface area contributed by atoms with Crippen molar-refractivity contribution in [1.29, 1.82) is 0 Å². The maximum absolute atomic E-state index is 13.5. The molecule has 0 amide bonds. The fraction of sp³-hybridized carbons (Fsp3) is 0.240. The van der Waals surface area contributed by atoms with Crippen LogP contribution < -0.4 is 5.32 Å². The van der Waals surface area contributed by atoms with E-state index in [1.807, 2.05) is 24.3 Å². The Morgan fingerprint density at radius 2 is 1.86 bits per heavy atom. The van der Waals surface area contributed by atoms with Gasteiger partial charge in [0.05, 0.1) is 16.8 Å². The van der Waals surface area contributed by atoms with Gasteiger partial charge in [0.2, 0.25) is 0 Å². The molecule has 1 N–H and O–H groups in total. The van der Waals surface area contributed by atoms with Gasteiger partial charge >= 0.3 is 6.18 Å². The predicted molar refractivity (Wildman–Crippen MR) is 125 cm³/mol. The number of ether oxygens (including phenoxy) is 1. The molecule has 4 aromatic rings. The zero-order valence-corrected chi connectivity index (χ0v) is 19.1. The number of rotatable bonds is 8. The number of carbonyl (C=O) groups excluding carboxylic acids is 1. The molecule has 0 atom stereocenters. The van der Waals surface area contributed by atoms with E-state index in [-0.39, 0.29) is 23.6 Å². The Kier molecular flexibility index (Phi) is 7.02. The van der Waals surface area contributed by atoms with Crippen molar-refractivity contribution in [2.75, 3.05) is 12.4 Å². The van der Waals surface area contributed by atoms with Gasteiger partial charge in [-0.2, -0.15) is 13.2 Å². The summed E-state index contributed by atoms with van der Waals surface area (Å²) in [6, 6.07) is 11.3. The highest BCUT2D eigenvalue weighted by Crippen LogP contribution is 2.36. The molecule has 0 saturated carbocycles. The third-order valence-electron chi connectivity index (χ3n) is 5.22. The van der Waals surface area contributed by atoms with E-state index in [0.29, 0.717) is 35.5 Å². The molecule has 0 fully saturated rings. The second-order valence-electron chi connectivity index (χ2n) is 7.93. The lowest BCUT2D eigenvalue weighted by molar-refractivity contribution is -0.137. The number of halogens is 3. The second kappa shape index (κ2) is 10.1. The Morgan fingerprint density at radius 1 is 1.09 bits per heavy atom. The van der Waals surface area contributed by atoms with E-state index in [9.17, 15) is 18.0 Å². The minimum absolute atomic E-state index is 0.107. The third kappa shape index (κ3) is 5.78. The maximum atomic E-state index is 13.5. The van der Waals surface area contributed by atoms with Gasteiger partial charge in [-0.3, -0.25) is 4.98 Å². The quantitative estimate of drug-likeness (QED) is 0.355. The minimum Gasteiger partial charge on any atom is -0.377 e. The highest BCUT2D eigenvalue weighted by atomic mass is 19.4. The lowest BCUT2D eigenvalue weighted by Gasteiger charge is -2.13. The molecule has 0 aliphatic rings. The number of methoxy groups -OCH3 is 1. The van der Waals surface area contributed by atoms with Crippen molar-refractivity contribution in [1.82, 2.24) is 19.9 Å². The van der Waals surface area contributed by atoms with Gasteiger partial charge in [0.25, 0.3) is 0 Å². The van der Waals surface area contributed by atoms with Crippen LogP contribution in [0.3, 0.4) is 0 Å². The summed E-state index contributed by atoms with van der Waals surface area (Å²) in [7, 11) is 1.50. The standard InChI is InChI=1S/C25H22F3N5O2/c1-15(34)5-6-16-7-9-18(10-8-16)31-24-23-20(32-21(33-24)14-35-2)12-17(13-30-23)22-19(25(26,27)28)4-3-11-29-22/h3-4,7-13H,5-6,14H2,1-2H3,(H,31,32,33). The molecule has 35 heavy (non-hydrogen) atoms. The number of fused-ring (bicyclic) bond motifs is 1. The van der Waals surface area contributed by atoms with Crippen LogP contribution in [0.5, 0.6) is 0 Å². The first kappa shape index (κ1) is 24.2.